The van der Waals surface area contributed by atoms with Crippen LogP contribution in [0.3, 0.4) is 0 Å². The predicted octanol–water partition coefficient (Wildman–Crippen LogP) is 1.14. The van der Waals surface area contributed by atoms with Crippen LogP contribution in [0.4, 0.5) is 17.3 Å². The molecule has 1 aromatic rings. The molecule has 8 nitrogen and oxygen atoms in total. The highest BCUT2D eigenvalue weighted by Crippen LogP contribution is 2.23. The van der Waals surface area contributed by atoms with E-state index in [0.29, 0.717) is 12.5 Å². The SMILES string of the molecule is CC(C)CNC(=O)C(C)Nc1nc(N)ccc1[N+](=O)[O-]. The quantitative estimate of drug-likeness (QED) is 0.530. The molecular formula is C12H19N5O3. The van der Waals surface area contributed by atoms with Gasteiger partial charge in [0.1, 0.15) is 11.9 Å². The maximum atomic E-state index is 11.8. The lowest BCUT2D eigenvalue weighted by molar-refractivity contribution is -0.384. The molecule has 20 heavy (non-hydrogen) atoms. The van der Waals surface area contributed by atoms with Gasteiger partial charge in [-0.3, -0.25) is 14.9 Å². The van der Waals surface area contributed by atoms with E-state index in [9.17, 15) is 14.9 Å². The zero-order valence-electron chi connectivity index (χ0n) is 11.7. The Morgan fingerprint density at radius 3 is 2.65 bits per heavy atom. The summed E-state index contributed by atoms with van der Waals surface area (Å²) < 4.78 is 0. The number of rotatable bonds is 6. The minimum absolute atomic E-state index is 0.0119. The summed E-state index contributed by atoms with van der Waals surface area (Å²) in [6, 6.07) is 1.94. The van der Waals surface area contributed by atoms with Crippen molar-refractivity contribution >= 4 is 23.2 Å². The number of nitro groups is 1. The van der Waals surface area contributed by atoms with Gasteiger partial charge in [0.05, 0.1) is 4.92 Å². The van der Waals surface area contributed by atoms with Crippen LogP contribution in [0.1, 0.15) is 20.8 Å². The molecule has 110 valence electrons. The fourth-order valence-electron chi connectivity index (χ4n) is 1.45. The van der Waals surface area contributed by atoms with Crippen LogP contribution >= 0.6 is 0 Å². The molecule has 4 N–H and O–H groups in total. The fourth-order valence-corrected chi connectivity index (χ4v) is 1.45. The summed E-state index contributed by atoms with van der Waals surface area (Å²) in [5.74, 6) is 0.207. The van der Waals surface area contributed by atoms with Crippen molar-refractivity contribution in [2.45, 2.75) is 26.8 Å². The summed E-state index contributed by atoms with van der Waals surface area (Å²) in [5.41, 5.74) is 5.28. The Morgan fingerprint density at radius 2 is 2.10 bits per heavy atom. The van der Waals surface area contributed by atoms with E-state index in [0.717, 1.165) is 0 Å². The summed E-state index contributed by atoms with van der Waals surface area (Å²) in [7, 11) is 0. The number of amides is 1. The Labute approximate surface area is 116 Å². The number of aromatic nitrogens is 1. The highest BCUT2D eigenvalue weighted by molar-refractivity contribution is 5.84. The predicted molar refractivity (Wildman–Crippen MR) is 76.2 cm³/mol. The Kier molecular flexibility index (Phi) is 5.24. The molecule has 0 saturated heterocycles. The molecule has 0 aliphatic heterocycles. The van der Waals surface area contributed by atoms with Gasteiger partial charge in [0.15, 0.2) is 0 Å². The van der Waals surface area contributed by atoms with Crippen molar-refractivity contribution in [3.05, 3.63) is 22.2 Å². The van der Waals surface area contributed by atoms with Gasteiger partial charge in [-0.25, -0.2) is 4.98 Å². The first kappa shape index (κ1) is 15.7. The van der Waals surface area contributed by atoms with Gasteiger partial charge in [0.2, 0.25) is 11.7 Å². The second-order valence-electron chi connectivity index (χ2n) is 4.87. The molecule has 0 aliphatic carbocycles. The number of hydrogen-bond acceptors (Lipinski definition) is 6. The molecule has 0 aromatic carbocycles. The van der Waals surface area contributed by atoms with Crippen molar-refractivity contribution in [1.82, 2.24) is 10.3 Å². The first-order valence-corrected chi connectivity index (χ1v) is 6.26. The molecule has 0 spiro atoms. The van der Waals surface area contributed by atoms with E-state index in [1.165, 1.54) is 12.1 Å². The minimum Gasteiger partial charge on any atom is -0.384 e. The Morgan fingerprint density at radius 1 is 1.45 bits per heavy atom. The van der Waals surface area contributed by atoms with Gasteiger partial charge >= 0.3 is 5.69 Å². The molecule has 1 heterocycles. The molecule has 8 heteroatoms. The van der Waals surface area contributed by atoms with Crippen molar-refractivity contribution in [1.29, 1.82) is 0 Å². The Hall–Kier alpha value is -2.38. The molecule has 1 aromatic heterocycles. The first-order valence-electron chi connectivity index (χ1n) is 6.26. The highest BCUT2D eigenvalue weighted by atomic mass is 16.6. The second kappa shape index (κ2) is 6.69. The minimum atomic E-state index is -0.651. The van der Waals surface area contributed by atoms with E-state index in [1.54, 1.807) is 6.92 Å². The number of anilines is 2. The lowest BCUT2D eigenvalue weighted by Gasteiger charge is -2.15. The van der Waals surface area contributed by atoms with Crippen LogP contribution in [0.2, 0.25) is 0 Å². The summed E-state index contributed by atoms with van der Waals surface area (Å²) in [6.07, 6.45) is 0. The molecule has 1 rings (SSSR count). The Bertz CT molecular complexity index is 504. The molecule has 0 radical (unpaired) electrons. The number of carbonyl (C=O) groups excluding carboxylic acids is 1. The average molecular weight is 281 g/mol. The third-order valence-electron chi connectivity index (χ3n) is 2.52. The number of hydrogen-bond donors (Lipinski definition) is 3. The van der Waals surface area contributed by atoms with Crippen molar-refractivity contribution in [3.8, 4) is 0 Å². The topological polar surface area (TPSA) is 123 Å². The first-order chi connectivity index (χ1) is 9.31. The van der Waals surface area contributed by atoms with Crippen LogP contribution < -0.4 is 16.4 Å². The van der Waals surface area contributed by atoms with E-state index in [-0.39, 0.29) is 23.2 Å². The molecule has 0 bridgehead atoms. The molecule has 1 amide bonds. The third-order valence-corrected chi connectivity index (χ3v) is 2.52. The zero-order valence-corrected chi connectivity index (χ0v) is 11.7. The van der Waals surface area contributed by atoms with Crippen molar-refractivity contribution < 1.29 is 9.72 Å². The van der Waals surface area contributed by atoms with Crippen LogP contribution in [-0.2, 0) is 4.79 Å². The van der Waals surface area contributed by atoms with Crippen LogP contribution in [0.5, 0.6) is 0 Å². The molecule has 0 fully saturated rings. The maximum absolute atomic E-state index is 11.8. The van der Waals surface area contributed by atoms with Crippen LogP contribution in [0.15, 0.2) is 12.1 Å². The van der Waals surface area contributed by atoms with Crippen LogP contribution in [0, 0.1) is 16.0 Å². The van der Waals surface area contributed by atoms with E-state index in [1.807, 2.05) is 13.8 Å². The lowest BCUT2D eigenvalue weighted by Crippen LogP contribution is -2.39. The van der Waals surface area contributed by atoms with Crippen molar-refractivity contribution in [3.63, 3.8) is 0 Å². The van der Waals surface area contributed by atoms with Gasteiger partial charge in [-0.1, -0.05) is 13.8 Å². The normalized spacial score (nSPS) is 12.0. The fraction of sp³-hybridized carbons (Fsp3) is 0.500. The summed E-state index contributed by atoms with van der Waals surface area (Å²) in [4.78, 5) is 26.0. The average Bonchev–Trinajstić information content (AvgIpc) is 2.35. The van der Waals surface area contributed by atoms with Gasteiger partial charge < -0.3 is 16.4 Å². The monoisotopic (exact) mass is 281 g/mol. The summed E-state index contributed by atoms with van der Waals surface area (Å²) >= 11 is 0. The van der Waals surface area contributed by atoms with E-state index in [2.05, 4.69) is 15.6 Å². The molecule has 1 atom stereocenters. The van der Waals surface area contributed by atoms with Crippen molar-refractivity contribution in [2.24, 2.45) is 5.92 Å². The number of carbonyl (C=O) groups is 1. The molecule has 1 unspecified atom stereocenters. The zero-order chi connectivity index (χ0) is 15.3. The lowest BCUT2D eigenvalue weighted by atomic mass is 10.2. The smallest absolute Gasteiger partial charge is 0.311 e. The third kappa shape index (κ3) is 4.38. The number of nitrogens with two attached hydrogens (primary N) is 1. The standard InChI is InChI=1S/C12H19N5O3/c1-7(2)6-14-12(18)8(3)15-11-9(17(19)20)4-5-10(13)16-11/h4-5,7-8H,6H2,1-3H3,(H,14,18)(H3,13,15,16). The number of pyridine rings is 1. The summed E-state index contributed by atoms with van der Waals surface area (Å²) in [5, 5.41) is 16.3. The second-order valence-corrected chi connectivity index (χ2v) is 4.87. The van der Waals surface area contributed by atoms with E-state index in [4.69, 9.17) is 5.73 Å². The molecular weight excluding hydrogens is 262 g/mol. The number of nitrogens with zero attached hydrogens (tertiary/aromatic N) is 2. The van der Waals surface area contributed by atoms with Crippen LogP contribution in [0.25, 0.3) is 0 Å². The Balaban J connectivity index is 2.79. The van der Waals surface area contributed by atoms with Gasteiger partial charge in [-0.2, -0.15) is 0 Å². The highest BCUT2D eigenvalue weighted by Gasteiger charge is 2.20. The summed E-state index contributed by atoms with van der Waals surface area (Å²) in [6.45, 7) is 6.09. The molecule has 0 saturated carbocycles. The van der Waals surface area contributed by atoms with Gasteiger partial charge in [-0.05, 0) is 18.9 Å². The maximum Gasteiger partial charge on any atom is 0.311 e. The van der Waals surface area contributed by atoms with Gasteiger partial charge in [0, 0.05) is 12.6 Å². The number of nitrogens with one attached hydrogen (secondary N) is 2. The van der Waals surface area contributed by atoms with E-state index >= 15 is 0 Å². The van der Waals surface area contributed by atoms with Gasteiger partial charge in [0.25, 0.3) is 0 Å². The van der Waals surface area contributed by atoms with E-state index < -0.39 is 11.0 Å². The number of nitrogen functional groups attached to an aromatic ring is 1. The van der Waals surface area contributed by atoms with Gasteiger partial charge in [-0.15, -0.1) is 0 Å². The van der Waals surface area contributed by atoms with Crippen LogP contribution in [-0.4, -0.2) is 28.4 Å². The van der Waals surface area contributed by atoms with Crippen molar-refractivity contribution in [2.75, 3.05) is 17.6 Å². The molecule has 0 aliphatic rings. The largest absolute Gasteiger partial charge is 0.384 e.